The van der Waals surface area contributed by atoms with Gasteiger partial charge in [0, 0.05) is 23.0 Å². The van der Waals surface area contributed by atoms with Crippen molar-refractivity contribution in [3.8, 4) is 28.4 Å². The Kier molecular flexibility index (Phi) is 8.08. The second kappa shape index (κ2) is 11.4. The van der Waals surface area contributed by atoms with Crippen LogP contribution in [0.2, 0.25) is 5.02 Å². The molecule has 0 amide bonds. The lowest BCUT2D eigenvalue weighted by molar-refractivity contribution is 0.0693. The molecule has 0 aliphatic carbocycles. The molecule has 1 unspecified atom stereocenters. The highest BCUT2D eigenvalue weighted by atomic mass is 35.5. The number of aromatic carboxylic acids is 1. The first-order chi connectivity index (χ1) is 18.2. The minimum absolute atomic E-state index is 0.0362. The van der Waals surface area contributed by atoms with Crippen LogP contribution in [0.3, 0.4) is 0 Å². The number of halogens is 1. The Morgan fingerprint density at radius 2 is 1.55 bits per heavy atom. The second-order valence-corrected chi connectivity index (χ2v) is 9.32. The van der Waals surface area contributed by atoms with E-state index in [4.69, 9.17) is 25.8 Å². The summed E-state index contributed by atoms with van der Waals surface area (Å²) in [5.74, 6) is -0.766. The average molecular weight is 534 g/mol. The Bertz CT molecular complexity index is 1460. The third-order valence-corrected chi connectivity index (χ3v) is 6.39. The molecule has 1 heterocycles. The number of carboxylic acid groups (broad SMARTS) is 1. The summed E-state index contributed by atoms with van der Waals surface area (Å²) >= 11 is 6.57. The van der Waals surface area contributed by atoms with E-state index in [-0.39, 0.29) is 28.2 Å². The van der Waals surface area contributed by atoms with Crippen molar-refractivity contribution in [3.05, 3.63) is 100 Å². The minimum atomic E-state index is -1.10. The van der Waals surface area contributed by atoms with Crippen LogP contribution >= 0.6 is 11.6 Å². The molecule has 0 saturated carbocycles. The molecule has 0 bridgehead atoms. The summed E-state index contributed by atoms with van der Waals surface area (Å²) in [4.78, 5) is 29.0. The maximum Gasteiger partial charge on any atom is 0.339 e. The molecular formula is C30H28ClNO6. The molecule has 1 aromatic heterocycles. The molecule has 3 aromatic carbocycles. The van der Waals surface area contributed by atoms with Crippen LogP contribution in [0, 0.1) is 0 Å². The van der Waals surface area contributed by atoms with E-state index < -0.39 is 11.9 Å². The molecule has 1 atom stereocenters. The maximum absolute atomic E-state index is 14.0. The molecule has 0 radical (unpaired) electrons. The number of carbonyl (C=O) groups is 2. The molecule has 0 aliphatic heterocycles. The first kappa shape index (κ1) is 26.8. The van der Waals surface area contributed by atoms with Gasteiger partial charge in [-0.15, -0.1) is 0 Å². The molecule has 7 nitrogen and oxygen atoms in total. The van der Waals surface area contributed by atoms with Gasteiger partial charge < -0.3 is 24.3 Å². The number of nitrogens with one attached hydrogen (secondary N) is 1. The van der Waals surface area contributed by atoms with Crippen molar-refractivity contribution in [2.75, 3.05) is 14.2 Å². The van der Waals surface area contributed by atoms with Crippen LogP contribution in [0.25, 0.3) is 11.1 Å². The van der Waals surface area contributed by atoms with E-state index in [0.29, 0.717) is 39.4 Å². The molecule has 4 aromatic rings. The van der Waals surface area contributed by atoms with Crippen molar-refractivity contribution in [1.82, 2.24) is 4.98 Å². The fourth-order valence-corrected chi connectivity index (χ4v) is 4.63. The number of methoxy groups -OCH3 is 2. The summed E-state index contributed by atoms with van der Waals surface area (Å²) in [6, 6.07) is 19.0. The summed E-state index contributed by atoms with van der Waals surface area (Å²) in [5.41, 5.74) is 3.00. The van der Waals surface area contributed by atoms with Gasteiger partial charge in [-0.05, 0) is 79.6 Å². The van der Waals surface area contributed by atoms with Crippen LogP contribution in [0.4, 0.5) is 0 Å². The fourth-order valence-electron chi connectivity index (χ4n) is 4.36. The van der Waals surface area contributed by atoms with Crippen LogP contribution in [-0.2, 0) is 0 Å². The van der Waals surface area contributed by atoms with Crippen molar-refractivity contribution >= 4 is 23.4 Å². The zero-order valence-electron chi connectivity index (χ0n) is 21.4. The van der Waals surface area contributed by atoms with E-state index >= 15 is 0 Å². The molecule has 4 rings (SSSR count). The van der Waals surface area contributed by atoms with Crippen molar-refractivity contribution in [2.45, 2.75) is 25.9 Å². The summed E-state index contributed by atoms with van der Waals surface area (Å²) < 4.78 is 16.6. The van der Waals surface area contributed by atoms with E-state index in [1.807, 2.05) is 38.1 Å². The van der Waals surface area contributed by atoms with Gasteiger partial charge in [-0.1, -0.05) is 23.7 Å². The fraction of sp³-hybridized carbons (Fsp3) is 0.200. The van der Waals surface area contributed by atoms with Crippen molar-refractivity contribution in [2.24, 2.45) is 0 Å². The highest BCUT2D eigenvalue weighted by molar-refractivity contribution is 6.34. The predicted molar refractivity (Wildman–Crippen MR) is 146 cm³/mol. The number of H-pyrrole nitrogens is 1. The van der Waals surface area contributed by atoms with E-state index in [1.165, 1.54) is 14.2 Å². The lowest BCUT2D eigenvalue weighted by Crippen LogP contribution is -2.17. The smallest absolute Gasteiger partial charge is 0.339 e. The van der Waals surface area contributed by atoms with Crippen LogP contribution in [0.5, 0.6) is 17.2 Å². The number of carbonyl (C=O) groups excluding carboxylic acids is 1. The van der Waals surface area contributed by atoms with E-state index in [9.17, 15) is 14.7 Å². The van der Waals surface area contributed by atoms with Crippen LogP contribution in [-0.4, -0.2) is 42.2 Å². The average Bonchev–Trinajstić information content (AvgIpc) is 3.42. The topological polar surface area (TPSA) is 97.9 Å². The number of aromatic amines is 1. The first-order valence-electron chi connectivity index (χ1n) is 12.0. The van der Waals surface area contributed by atoms with Gasteiger partial charge in [-0.2, -0.15) is 0 Å². The highest BCUT2D eigenvalue weighted by Crippen LogP contribution is 2.39. The Hall–Kier alpha value is -4.23. The van der Waals surface area contributed by atoms with Crippen molar-refractivity contribution in [1.29, 1.82) is 0 Å². The Labute approximate surface area is 225 Å². The molecule has 38 heavy (non-hydrogen) atoms. The molecule has 8 heteroatoms. The third-order valence-electron chi connectivity index (χ3n) is 6.08. The number of Topliss-reactive ketones (excluding diaryl/α,β-unsaturated/α-hetero) is 1. The number of ketones is 1. The van der Waals surface area contributed by atoms with Gasteiger partial charge in [0.25, 0.3) is 0 Å². The highest BCUT2D eigenvalue weighted by Gasteiger charge is 2.30. The maximum atomic E-state index is 14.0. The quantitative estimate of drug-likeness (QED) is 0.216. The van der Waals surface area contributed by atoms with E-state index in [1.54, 1.807) is 48.7 Å². The Balaban J connectivity index is 1.84. The lowest BCUT2D eigenvalue weighted by atomic mass is 9.85. The normalized spacial score (nSPS) is 11.7. The second-order valence-electron chi connectivity index (χ2n) is 8.91. The Morgan fingerprint density at radius 3 is 2.13 bits per heavy atom. The van der Waals surface area contributed by atoms with E-state index in [0.717, 1.165) is 0 Å². The number of rotatable bonds is 10. The third kappa shape index (κ3) is 5.53. The van der Waals surface area contributed by atoms with Gasteiger partial charge in [-0.25, -0.2) is 4.79 Å². The minimum Gasteiger partial charge on any atom is -0.496 e. The number of ether oxygens (including phenoxy) is 3. The SMILES string of the molecule is COc1ccc(-c2ccc(OC)c(C(C(=O)c3ccc(OC(C)C)cc3Cl)c3ccc[nH]3)c2)cc1C(=O)O. The molecule has 0 fully saturated rings. The van der Waals surface area contributed by atoms with Crippen LogP contribution in [0.15, 0.2) is 72.9 Å². The molecule has 0 aliphatic rings. The van der Waals surface area contributed by atoms with Crippen molar-refractivity contribution < 1.29 is 28.9 Å². The molecular weight excluding hydrogens is 506 g/mol. The first-order valence-corrected chi connectivity index (χ1v) is 12.3. The summed E-state index contributed by atoms with van der Waals surface area (Å²) in [7, 11) is 2.96. The van der Waals surface area contributed by atoms with Gasteiger partial charge in [-0.3, -0.25) is 4.79 Å². The number of benzene rings is 3. The molecule has 0 saturated heterocycles. The van der Waals surface area contributed by atoms with Gasteiger partial charge in [0.15, 0.2) is 5.78 Å². The number of hydrogen-bond donors (Lipinski definition) is 2. The zero-order valence-corrected chi connectivity index (χ0v) is 22.2. The van der Waals surface area contributed by atoms with Crippen LogP contribution < -0.4 is 14.2 Å². The monoisotopic (exact) mass is 533 g/mol. The summed E-state index contributed by atoms with van der Waals surface area (Å²) in [6.07, 6.45) is 1.71. The largest absolute Gasteiger partial charge is 0.496 e. The number of aromatic nitrogens is 1. The van der Waals surface area contributed by atoms with Gasteiger partial charge >= 0.3 is 5.97 Å². The van der Waals surface area contributed by atoms with Crippen molar-refractivity contribution in [3.63, 3.8) is 0 Å². The van der Waals surface area contributed by atoms with E-state index in [2.05, 4.69) is 4.98 Å². The molecule has 0 spiro atoms. The molecule has 196 valence electrons. The van der Waals surface area contributed by atoms with Gasteiger partial charge in [0.05, 0.1) is 31.3 Å². The Morgan fingerprint density at radius 1 is 0.868 bits per heavy atom. The van der Waals surface area contributed by atoms with Gasteiger partial charge in [0.1, 0.15) is 22.8 Å². The summed E-state index contributed by atoms with van der Waals surface area (Å²) in [6.45, 7) is 3.82. The molecule has 2 N–H and O–H groups in total. The van der Waals surface area contributed by atoms with Gasteiger partial charge in [0.2, 0.25) is 0 Å². The van der Waals surface area contributed by atoms with Crippen LogP contribution in [0.1, 0.15) is 51.7 Å². The number of hydrogen-bond acceptors (Lipinski definition) is 5. The lowest BCUT2D eigenvalue weighted by Gasteiger charge is -2.21. The standard InChI is InChI=1S/C30H28ClNO6/c1-17(2)38-20-9-10-21(24(31)16-20)29(33)28(25-6-5-13-32-25)22-14-18(7-11-26(22)36-3)19-8-12-27(37-4)23(15-19)30(34)35/h5-17,28,32H,1-4H3,(H,34,35). The number of carboxylic acids is 1. The summed E-state index contributed by atoms with van der Waals surface area (Å²) in [5, 5.41) is 9.92. The predicted octanol–water partition coefficient (Wildman–Crippen LogP) is 6.85. The zero-order chi connectivity index (χ0) is 27.4.